The van der Waals surface area contributed by atoms with E-state index in [0.29, 0.717) is 18.7 Å². The van der Waals surface area contributed by atoms with Crippen molar-refractivity contribution in [3.8, 4) is 11.5 Å². The van der Waals surface area contributed by atoms with Crippen molar-refractivity contribution in [2.45, 2.75) is 39.9 Å². The van der Waals surface area contributed by atoms with Crippen molar-refractivity contribution in [1.29, 1.82) is 0 Å². The monoisotopic (exact) mass is 389 g/mol. The third-order valence-corrected chi connectivity index (χ3v) is 4.63. The van der Waals surface area contributed by atoms with Crippen LogP contribution in [0.5, 0.6) is 11.5 Å². The first-order chi connectivity index (χ1) is 14.0. The lowest BCUT2D eigenvalue weighted by Gasteiger charge is -2.19. The Kier molecular flexibility index (Phi) is 6.90. The molecule has 3 aromatic rings. The van der Waals surface area contributed by atoms with Crippen molar-refractivity contribution in [3.63, 3.8) is 0 Å². The summed E-state index contributed by atoms with van der Waals surface area (Å²) in [6.07, 6.45) is 0.0302. The van der Waals surface area contributed by atoms with E-state index in [4.69, 9.17) is 9.47 Å². The Morgan fingerprint density at radius 2 is 1.69 bits per heavy atom. The molecule has 0 radical (unpaired) electrons. The van der Waals surface area contributed by atoms with E-state index in [-0.39, 0.29) is 5.91 Å². The zero-order valence-corrected chi connectivity index (χ0v) is 17.1. The van der Waals surface area contributed by atoms with Gasteiger partial charge in [0.2, 0.25) is 0 Å². The average Bonchev–Trinajstić information content (AvgIpc) is 2.73. The van der Waals surface area contributed by atoms with Crippen LogP contribution in [-0.2, 0) is 11.4 Å². The van der Waals surface area contributed by atoms with Gasteiger partial charge in [-0.05, 0) is 61.7 Å². The molecule has 0 aliphatic rings. The lowest BCUT2D eigenvalue weighted by atomic mass is 10.1. The fourth-order valence-corrected chi connectivity index (χ4v) is 3.01. The summed E-state index contributed by atoms with van der Waals surface area (Å²) in [7, 11) is 0. The van der Waals surface area contributed by atoms with Gasteiger partial charge in [0.05, 0.1) is 0 Å². The number of benzene rings is 3. The third-order valence-electron chi connectivity index (χ3n) is 4.63. The Morgan fingerprint density at radius 3 is 2.34 bits per heavy atom. The molecule has 4 nitrogen and oxygen atoms in total. The number of hydrogen-bond acceptors (Lipinski definition) is 3. The van der Waals surface area contributed by atoms with Crippen molar-refractivity contribution < 1.29 is 14.3 Å². The van der Waals surface area contributed by atoms with Crippen molar-refractivity contribution in [3.05, 3.63) is 89.5 Å². The maximum Gasteiger partial charge on any atom is 0.265 e. The van der Waals surface area contributed by atoms with Gasteiger partial charge >= 0.3 is 0 Å². The molecule has 1 unspecified atom stereocenters. The third kappa shape index (κ3) is 5.85. The zero-order valence-electron chi connectivity index (χ0n) is 17.1. The largest absolute Gasteiger partial charge is 0.489 e. The van der Waals surface area contributed by atoms with Gasteiger partial charge in [0, 0.05) is 5.69 Å². The van der Waals surface area contributed by atoms with Gasteiger partial charge < -0.3 is 14.8 Å². The normalized spacial score (nSPS) is 11.6. The number of ether oxygens (including phenoxy) is 2. The number of hydrogen-bond donors (Lipinski definition) is 1. The Hall–Kier alpha value is -3.27. The van der Waals surface area contributed by atoms with Crippen molar-refractivity contribution >= 4 is 11.6 Å². The van der Waals surface area contributed by atoms with Gasteiger partial charge in [-0.25, -0.2) is 0 Å². The molecular formula is C25H27NO3. The predicted molar refractivity (Wildman–Crippen MR) is 116 cm³/mol. The molecule has 0 saturated carbocycles. The Balaban J connectivity index is 1.57. The average molecular weight is 389 g/mol. The van der Waals surface area contributed by atoms with E-state index in [0.717, 1.165) is 22.6 Å². The molecule has 4 heteroatoms. The molecule has 1 atom stereocenters. The summed E-state index contributed by atoms with van der Waals surface area (Å²) in [5.41, 5.74) is 4.02. The first-order valence-corrected chi connectivity index (χ1v) is 9.86. The van der Waals surface area contributed by atoms with Gasteiger partial charge in [0.25, 0.3) is 5.91 Å². The molecule has 0 fully saturated rings. The van der Waals surface area contributed by atoms with Gasteiger partial charge in [-0.1, -0.05) is 55.0 Å². The molecule has 0 heterocycles. The minimum atomic E-state index is -0.551. The highest BCUT2D eigenvalue weighted by atomic mass is 16.5. The first kappa shape index (κ1) is 20.5. The summed E-state index contributed by atoms with van der Waals surface area (Å²) in [5.74, 6) is 1.33. The van der Waals surface area contributed by atoms with E-state index in [9.17, 15) is 4.79 Å². The van der Waals surface area contributed by atoms with Crippen LogP contribution in [0.15, 0.2) is 72.8 Å². The molecule has 1 N–H and O–H groups in total. The Labute approximate surface area is 172 Å². The second kappa shape index (κ2) is 9.78. The molecule has 29 heavy (non-hydrogen) atoms. The van der Waals surface area contributed by atoms with Crippen LogP contribution in [0.3, 0.4) is 0 Å². The summed E-state index contributed by atoms with van der Waals surface area (Å²) in [5, 5.41) is 2.93. The Morgan fingerprint density at radius 1 is 0.966 bits per heavy atom. The number of carbonyl (C=O) groups excluding carboxylic acids is 1. The minimum Gasteiger partial charge on any atom is -0.489 e. The summed E-state index contributed by atoms with van der Waals surface area (Å²) >= 11 is 0. The number of nitrogens with one attached hydrogen (secondary N) is 1. The van der Waals surface area contributed by atoms with E-state index in [1.807, 2.05) is 93.6 Å². The molecule has 0 aliphatic heterocycles. The number of rotatable bonds is 8. The van der Waals surface area contributed by atoms with Gasteiger partial charge in [0.15, 0.2) is 6.10 Å². The van der Waals surface area contributed by atoms with E-state index in [2.05, 4.69) is 5.32 Å². The van der Waals surface area contributed by atoms with Gasteiger partial charge in [-0.3, -0.25) is 4.79 Å². The van der Waals surface area contributed by atoms with E-state index >= 15 is 0 Å². The van der Waals surface area contributed by atoms with Crippen molar-refractivity contribution in [2.24, 2.45) is 0 Å². The first-order valence-electron chi connectivity index (χ1n) is 9.86. The Bertz CT molecular complexity index is 936. The molecule has 1 amide bonds. The van der Waals surface area contributed by atoms with Gasteiger partial charge in [0.1, 0.15) is 18.1 Å². The lowest BCUT2D eigenvalue weighted by Crippen LogP contribution is -2.32. The number of aryl methyl sites for hydroxylation is 2. The molecule has 0 saturated heterocycles. The molecule has 3 aromatic carbocycles. The molecule has 0 aliphatic carbocycles. The lowest BCUT2D eigenvalue weighted by molar-refractivity contribution is -0.122. The van der Waals surface area contributed by atoms with Crippen LogP contribution >= 0.6 is 0 Å². The van der Waals surface area contributed by atoms with Crippen LogP contribution < -0.4 is 14.8 Å². The van der Waals surface area contributed by atoms with Crippen molar-refractivity contribution in [2.75, 3.05) is 5.32 Å². The topological polar surface area (TPSA) is 47.6 Å². The second-order valence-corrected chi connectivity index (χ2v) is 7.07. The summed E-state index contributed by atoms with van der Waals surface area (Å²) in [6.45, 7) is 6.47. The highest BCUT2D eigenvalue weighted by Crippen LogP contribution is 2.22. The van der Waals surface area contributed by atoms with Gasteiger partial charge in [-0.2, -0.15) is 0 Å². The standard InChI is InChI=1S/C25H27NO3/c1-4-23(29-24-15-10-18(2)16-19(24)3)25(27)26-21-11-13-22(14-12-21)28-17-20-8-6-5-7-9-20/h5-16,23H,4,17H2,1-3H3,(H,26,27). The molecule has 0 spiro atoms. The molecule has 3 rings (SSSR count). The minimum absolute atomic E-state index is 0.162. The smallest absolute Gasteiger partial charge is 0.265 e. The van der Waals surface area contributed by atoms with Crippen LogP contribution in [0, 0.1) is 13.8 Å². The van der Waals surface area contributed by atoms with E-state index in [1.54, 1.807) is 0 Å². The number of anilines is 1. The maximum absolute atomic E-state index is 12.7. The molecule has 0 aromatic heterocycles. The fourth-order valence-electron chi connectivity index (χ4n) is 3.01. The van der Waals surface area contributed by atoms with Crippen LogP contribution in [0.1, 0.15) is 30.0 Å². The molecule has 150 valence electrons. The van der Waals surface area contributed by atoms with E-state index < -0.39 is 6.10 Å². The van der Waals surface area contributed by atoms with Crippen molar-refractivity contribution in [1.82, 2.24) is 0 Å². The van der Waals surface area contributed by atoms with Crippen LogP contribution in [-0.4, -0.2) is 12.0 Å². The predicted octanol–water partition coefficient (Wildman–Crippen LogP) is 5.68. The highest BCUT2D eigenvalue weighted by molar-refractivity contribution is 5.94. The maximum atomic E-state index is 12.7. The zero-order chi connectivity index (χ0) is 20.6. The summed E-state index contributed by atoms with van der Waals surface area (Å²) in [4.78, 5) is 12.7. The van der Waals surface area contributed by atoms with E-state index in [1.165, 1.54) is 5.56 Å². The number of carbonyl (C=O) groups is 1. The van der Waals surface area contributed by atoms with Gasteiger partial charge in [-0.15, -0.1) is 0 Å². The fraction of sp³-hybridized carbons (Fsp3) is 0.240. The number of amides is 1. The quantitative estimate of drug-likeness (QED) is 0.539. The summed E-state index contributed by atoms with van der Waals surface area (Å²) < 4.78 is 11.7. The van der Waals surface area contributed by atoms with Crippen LogP contribution in [0.2, 0.25) is 0 Å². The SMILES string of the molecule is CCC(Oc1ccc(C)cc1C)C(=O)Nc1ccc(OCc2ccccc2)cc1. The second-order valence-electron chi connectivity index (χ2n) is 7.07. The highest BCUT2D eigenvalue weighted by Gasteiger charge is 2.19. The molecule has 0 bridgehead atoms. The molecular weight excluding hydrogens is 362 g/mol. The summed E-state index contributed by atoms with van der Waals surface area (Å²) in [6, 6.07) is 23.3. The van der Waals surface area contributed by atoms with Crippen LogP contribution in [0.25, 0.3) is 0 Å². The van der Waals surface area contributed by atoms with Crippen LogP contribution in [0.4, 0.5) is 5.69 Å².